The Balaban J connectivity index is 2.53. The van der Waals surface area contributed by atoms with Crippen LogP contribution in [0, 0.1) is 5.82 Å². The molecule has 0 saturated carbocycles. The van der Waals surface area contributed by atoms with Gasteiger partial charge in [0.25, 0.3) is 0 Å². The molecule has 76 valence electrons. The second-order valence-corrected chi connectivity index (χ2v) is 4.77. The largest absolute Gasteiger partial charge is 0.388 e. The molecule has 1 atom stereocenters. The second-order valence-electron chi connectivity index (χ2n) is 3.29. The lowest BCUT2D eigenvalue weighted by atomic mass is 10.0. The number of aliphatic hydroxyl groups excluding tert-OH is 1. The van der Waals surface area contributed by atoms with Gasteiger partial charge >= 0.3 is 0 Å². The van der Waals surface area contributed by atoms with E-state index in [0.29, 0.717) is 12.2 Å². The van der Waals surface area contributed by atoms with E-state index < -0.39 is 11.9 Å². The minimum absolute atomic E-state index is 0.163. The maximum absolute atomic E-state index is 13.1. The van der Waals surface area contributed by atoms with Gasteiger partial charge in [-0.1, -0.05) is 17.7 Å². The molecule has 1 aromatic carbocycles. The topological polar surface area (TPSA) is 20.2 Å². The lowest BCUT2D eigenvalue weighted by Crippen LogP contribution is -2.00. The van der Waals surface area contributed by atoms with Gasteiger partial charge in [0.15, 0.2) is 0 Å². The van der Waals surface area contributed by atoms with Crippen LogP contribution in [-0.2, 0) is 5.75 Å². The molecule has 1 nitrogen and oxygen atoms in total. The molecule has 1 aliphatic rings. The minimum Gasteiger partial charge on any atom is -0.388 e. The van der Waals surface area contributed by atoms with Crippen LogP contribution >= 0.6 is 23.4 Å². The van der Waals surface area contributed by atoms with Gasteiger partial charge in [-0.15, -0.1) is 0 Å². The van der Waals surface area contributed by atoms with Gasteiger partial charge in [-0.25, -0.2) is 4.39 Å². The normalized spacial score (nSPS) is 21.5. The van der Waals surface area contributed by atoms with Gasteiger partial charge in [-0.2, -0.15) is 11.8 Å². The van der Waals surface area contributed by atoms with E-state index in [1.807, 2.05) is 0 Å². The van der Waals surface area contributed by atoms with Crippen molar-refractivity contribution in [1.29, 1.82) is 0 Å². The predicted molar refractivity (Wildman–Crippen MR) is 57.1 cm³/mol. The van der Waals surface area contributed by atoms with Crippen LogP contribution in [0.1, 0.15) is 23.7 Å². The lowest BCUT2D eigenvalue weighted by Gasteiger charge is -2.12. The van der Waals surface area contributed by atoms with Crippen molar-refractivity contribution in [3.63, 3.8) is 0 Å². The Morgan fingerprint density at radius 2 is 2.29 bits per heavy atom. The summed E-state index contributed by atoms with van der Waals surface area (Å²) in [5.74, 6) is 1.16. The zero-order valence-corrected chi connectivity index (χ0v) is 9.04. The summed E-state index contributed by atoms with van der Waals surface area (Å²) in [6, 6.07) is 2.95. The number of fused-ring (bicyclic) bond motifs is 1. The van der Waals surface area contributed by atoms with E-state index in [2.05, 4.69) is 0 Å². The molecular weight excluding hydrogens is 223 g/mol. The molecule has 0 fully saturated rings. The van der Waals surface area contributed by atoms with E-state index in [9.17, 15) is 9.50 Å². The van der Waals surface area contributed by atoms with Crippen LogP contribution in [0.3, 0.4) is 0 Å². The van der Waals surface area contributed by atoms with E-state index in [4.69, 9.17) is 11.6 Å². The second kappa shape index (κ2) is 4.09. The van der Waals surface area contributed by atoms with E-state index in [0.717, 1.165) is 16.9 Å². The first-order chi connectivity index (χ1) is 6.70. The summed E-state index contributed by atoms with van der Waals surface area (Å²) >= 11 is 7.52. The Bertz CT molecular complexity index is 356. The van der Waals surface area contributed by atoms with Gasteiger partial charge in [0.1, 0.15) is 5.82 Å². The Kier molecular flexibility index (Phi) is 3.00. The van der Waals surface area contributed by atoms with E-state index >= 15 is 0 Å². The van der Waals surface area contributed by atoms with Gasteiger partial charge in [0.2, 0.25) is 0 Å². The van der Waals surface area contributed by atoms with Gasteiger partial charge in [0.05, 0.1) is 11.1 Å². The highest BCUT2D eigenvalue weighted by Crippen LogP contribution is 2.35. The summed E-state index contributed by atoms with van der Waals surface area (Å²) in [6.07, 6.45) is 0.206. The molecule has 1 N–H and O–H groups in total. The highest BCUT2D eigenvalue weighted by Gasteiger charge is 2.20. The fourth-order valence-corrected chi connectivity index (χ4v) is 2.96. The van der Waals surface area contributed by atoms with Crippen molar-refractivity contribution in [3.8, 4) is 0 Å². The monoisotopic (exact) mass is 232 g/mol. The first-order valence-corrected chi connectivity index (χ1v) is 5.96. The van der Waals surface area contributed by atoms with Gasteiger partial charge < -0.3 is 5.11 Å². The molecule has 0 amide bonds. The van der Waals surface area contributed by atoms with E-state index in [-0.39, 0.29) is 5.02 Å². The molecule has 14 heavy (non-hydrogen) atoms. The number of hydrogen-bond donors (Lipinski definition) is 1. The van der Waals surface area contributed by atoms with Crippen LogP contribution in [0.2, 0.25) is 5.02 Å². The van der Waals surface area contributed by atoms with Crippen molar-refractivity contribution < 1.29 is 9.50 Å². The molecule has 0 bridgehead atoms. The Morgan fingerprint density at radius 1 is 1.50 bits per heavy atom. The molecule has 1 aliphatic heterocycles. The summed E-state index contributed by atoms with van der Waals surface area (Å²) in [5.41, 5.74) is 1.53. The van der Waals surface area contributed by atoms with Crippen LogP contribution in [0.25, 0.3) is 0 Å². The predicted octanol–water partition coefficient (Wildman–Crippen LogP) is 3.15. The van der Waals surface area contributed by atoms with Crippen LogP contribution < -0.4 is 0 Å². The zero-order chi connectivity index (χ0) is 10.1. The average Bonchev–Trinajstić information content (AvgIpc) is 2.35. The molecule has 1 heterocycles. The third-order valence-electron chi connectivity index (χ3n) is 2.37. The number of thioether (sulfide) groups is 1. The van der Waals surface area contributed by atoms with Gasteiger partial charge in [-0.05, 0) is 29.4 Å². The van der Waals surface area contributed by atoms with Crippen molar-refractivity contribution in [2.24, 2.45) is 0 Å². The molecular formula is C10H10ClFOS. The molecule has 0 aliphatic carbocycles. The molecule has 1 aromatic rings. The number of aliphatic hydroxyl groups is 1. The van der Waals surface area contributed by atoms with Crippen LogP contribution in [-0.4, -0.2) is 10.9 Å². The summed E-state index contributed by atoms with van der Waals surface area (Å²) < 4.78 is 13.1. The lowest BCUT2D eigenvalue weighted by molar-refractivity contribution is 0.175. The highest BCUT2D eigenvalue weighted by molar-refractivity contribution is 7.98. The number of hydrogen-bond acceptors (Lipinski definition) is 2. The maximum Gasteiger partial charge on any atom is 0.142 e. The molecule has 4 heteroatoms. The molecule has 2 rings (SSSR count). The van der Waals surface area contributed by atoms with Crippen molar-refractivity contribution in [1.82, 2.24) is 0 Å². The summed E-state index contributed by atoms with van der Waals surface area (Å²) in [6.45, 7) is 0. The maximum atomic E-state index is 13.1. The van der Waals surface area contributed by atoms with Crippen LogP contribution in [0.5, 0.6) is 0 Å². The summed E-state index contributed by atoms with van der Waals surface area (Å²) in [7, 11) is 0. The SMILES string of the molecule is O[C@@H]1CCSCc2c1ccc(F)c2Cl. The van der Waals surface area contributed by atoms with Crippen molar-refractivity contribution in [2.45, 2.75) is 18.3 Å². The summed E-state index contributed by atoms with van der Waals surface area (Å²) in [5, 5.41) is 9.93. The van der Waals surface area contributed by atoms with Crippen molar-refractivity contribution in [3.05, 3.63) is 34.1 Å². The van der Waals surface area contributed by atoms with E-state index in [1.54, 1.807) is 17.8 Å². The van der Waals surface area contributed by atoms with Crippen LogP contribution in [0.15, 0.2) is 12.1 Å². The van der Waals surface area contributed by atoms with Crippen LogP contribution in [0.4, 0.5) is 4.39 Å². The van der Waals surface area contributed by atoms with E-state index in [1.165, 1.54) is 6.07 Å². The number of rotatable bonds is 0. The fourth-order valence-electron chi connectivity index (χ4n) is 1.59. The Hall–Kier alpha value is -0.250. The Morgan fingerprint density at radius 3 is 3.07 bits per heavy atom. The standard InChI is InChI=1S/C10H10ClFOS/c11-10-7-5-14-4-3-9(13)6(7)1-2-8(10)12/h1-2,9,13H,3-5H2/t9-/m1/s1. The van der Waals surface area contributed by atoms with Crippen molar-refractivity contribution in [2.75, 3.05) is 5.75 Å². The third-order valence-corrected chi connectivity index (χ3v) is 3.80. The van der Waals surface area contributed by atoms with Gasteiger partial charge in [0, 0.05) is 5.75 Å². The summed E-state index contributed by atoms with van der Waals surface area (Å²) in [4.78, 5) is 0. The molecule has 0 saturated heterocycles. The van der Waals surface area contributed by atoms with Gasteiger partial charge in [-0.3, -0.25) is 0 Å². The molecule has 0 spiro atoms. The number of halogens is 2. The fraction of sp³-hybridized carbons (Fsp3) is 0.400. The average molecular weight is 233 g/mol. The Labute approximate surface area is 91.3 Å². The first kappa shape index (κ1) is 10.3. The molecule has 0 radical (unpaired) electrons. The highest BCUT2D eigenvalue weighted by atomic mass is 35.5. The molecule has 0 unspecified atom stereocenters. The quantitative estimate of drug-likeness (QED) is 0.742. The zero-order valence-electron chi connectivity index (χ0n) is 7.46. The first-order valence-electron chi connectivity index (χ1n) is 4.42. The smallest absolute Gasteiger partial charge is 0.142 e. The minimum atomic E-state index is -0.502. The number of benzene rings is 1. The third kappa shape index (κ3) is 1.76. The molecule has 0 aromatic heterocycles. The van der Waals surface area contributed by atoms with Crippen molar-refractivity contribution >= 4 is 23.4 Å².